The van der Waals surface area contributed by atoms with E-state index < -0.39 is 5.97 Å². The first-order valence-corrected chi connectivity index (χ1v) is 9.50. The van der Waals surface area contributed by atoms with E-state index in [0.717, 1.165) is 11.1 Å². The molecule has 0 aliphatic carbocycles. The molecule has 0 fully saturated rings. The predicted octanol–water partition coefficient (Wildman–Crippen LogP) is 7.08. The summed E-state index contributed by atoms with van der Waals surface area (Å²) in [7, 11) is 0. The third-order valence-electron chi connectivity index (χ3n) is 4.93. The normalized spacial score (nSPS) is 15.9. The third-order valence-corrected chi connectivity index (χ3v) is 4.93. The zero-order valence-electron chi connectivity index (χ0n) is 17.8. The Balaban J connectivity index is 2.89. The van der Waals surface area contributed by atoms with Crippen LogP contribution < -0.4 is 0 Å². The summed E-state index contributed by atoms with van der Waals surface area (Å²) in [6.07, 6.45) is 7.76. The lowest BCUT2D eigenvalue weighted by atomic mass is 9.67. The van der Waals surface area contributed by atoms with E-state index >= 15 is 0 Å². The molecule has 0 heterocycles. The molecule has 1 aromatic carbocycles. The van der Waals surface area contributed by atoms with Crippen molar-refractivity contribution >= 4 is 11.5 Å². The minimum atomic E-state index is -0.890. The van der Waals surface area contributed by atoms with Crippen LogP contribution in [0.1, 0.15) is 77.7 Å². The van der Waals surface area contributed by atoms with Crippen LogP contribution in [0.25, 0.3) is 5.57 Å². The second-order valence-corrected chi connectivity index (χ2v) is 9.71. The predicted molar refractivity (Wildman–Crippen MR) is 112 cm³/mol. The van der Waals surface area contributed by atoms with E-state index in [-0.39, 0.29) is 5.41 Å². The summed E-state index contributed by atoms with van der Waals surface area (Å²) in [4.78, 5) is 10.9. The Morgan fingerprint density at radius 2 is 1.54 bits per heavy atom. The summed E-state index contributed by atoms with van der Waals surface area (Å²) in [6.45, 7) is 18.3. The maximum atomic E-state index is 10.9. The summed E-state index contributed by atoms with van der Waals surface area (Å²) >= 11 is 0. The second-order valence-electron chi connectivity index (χ2n) is 9.71. The van der Waals surface area contributed by atoms with Crippen molar-refractivity contribution in [2.75, 3.05) is 0 Å². The topological polar surface area (TPSA) is 37.3 Å². The SMILES string of the molecule is C/C(=C\C=C/C(C)C(CC(C)(C)C)C(C)(C)C)c1ccc(C(=O)O)cc1. The highest BCUT2D eigenvalue weighted by Gasteiger charge is 2.31. The number of aromatic carboxylic acids is 1. The third kappa shape index (κ3) is 7.19. The summed E-state index contributed by atoms with van der Waals surface area (Å²) in [5.74, 6) is 0.217. The molecule has 0 aliphatic rings. The molecule has 0 radical (unpaired) electrons. The molecule has 2 atom stereocenters. The Labute approximate surface area is 160 Å². The molecule has 26 heavy (non-hydrogen) atoms. The van der Waals surface area contributed by atoms with Gasteiger partial charge in [-0.05, 0) is 59.3 Å². The van der Waals surface area contributed by atoms with Gasteiger partial charge in [0.05, 0.1) is 5.56 Å². The molecule has 144 valence electrons. The van der Waals surface area contributed by atoms with Gasteiger partial charge in [0.1, 0.15) is 0 Å². The van der Waals surface area contributed by atoms with Crippen molar-refractivity contribution in [3.63, 3.8) is 0 Å². The molecule has 0 saturated carbocycles. The molecule has 0 spiro atoms. The Kier molecular flexibility index (Phi) is 7.44. The van der Waals surface area contributed by atoms with E-state index in [4.69, 9.17) is 5.11 Å². The van der Waals surface area contributed by atoms with Gasteiger partial charge in [0, 0.05) is 0 Å². The van der Waals surface area contributed by atoms with Crippen molar-refractivity contribution < 1.29 is 9.90 Å². The minimum Gasteiger partial charge on any atom is -0.478 e. The Morgan fingerprint density at radius 3 is 1.96 bits per heavy atom. The summed E-state index contributed by atoms with van der Waals surface area (Å²) in [6, 6.07) is 7.04. The summed E-state index contributed by atoms with van der Waals surface area (Å²) in [5.41, 5.74) is 3.09. The van der Waals surface area contributed by atoms with Crippen LogP contribution in [-0.4, -0.2) is 11.1 Å². The lowest BCUT2D eigenvalue weighted by Gasteiger charge is -2.38. The van der Waals surface area contributed by atoms with Crippen molar-refractivity contribution in [1.29, 1.82) is 0 Å². The smallest absolute Gasteiger partial charge is 0.335 e. The van der Waals surface area contributed by atoms with E-state index in [1.807, 2.05) is 12.1 Å². The summed E-state index contributed by atoms with van der Waals surface area (Å²) in [5, 5.41) is 8.99. The number of carboxylic acid groups (broad SMARTS) is 1. The number of carboxylic acids is 1. The quantitative estimate of drug-likeness (QED) is 0.553. The van der Waals surface area contributed by atoms with Gasteiger partial charge in [-0.25, -0.2) is 4.79 Å². The van der Waals surface area contributed by atoms with E-state index in [9.17, 15) is 4.79 Å². The van der Waals surface area contributed by atoms with Crippen molar-refractivity contribution in [2.24, 2.45) is 22.7 Å². The van der Waals surface area contributed by atoms with Crippen LogP contribution >= 0.6 is 0 Å². The van der Waals surface area contributed by atoms with Gasteiger partial charge in [-0.15, -0.1) is 0 Å². The van der Waals surface area contributed by atoms with Gasteiger partial charge in [-0.1, -0.05) is 78.8 Å². The fraction of sp³-hybridized carbons (Fsp3) is 0.542. The first-order valence-electron chi connectivity index (χ1n) is 9.50. The number of carbonyl (C=O) groups is 1. The maximum absolute atomic E-state index is 10.9. The molecule has 2 nitrogen and oxygen atoms in total. The van der Waals surface area contributed by atoms with Gasteiger partial charge in [-0.3, -0.25) is 0 Å². The summed E-state index contributed by atoms with van der Waals surface area (Å²) < 4.78 is 0. The average Bonchev–Trinajstić information content (AvgIpc) is 2.50. The molecule has 0 bridgehead atoms. The Bertz CT molecular complexity index is 649. The zero-order valence-corrected chi connectivity index (χ0v) is 17.8. The van der Waals surface area contributed by atoms with Crippen LogP contribution in [0, 0.1) is 22.7 Å². The van der Waals surface area contributed by atoms with Crippen LogP contribution in [-0.2, 0) is 0 Å². The van der Waals surface area contributed by atoms with Gasteiger partial charge in [0.25, 0.3) is 0 Å². The lowest BCUT2D eigenvalue weighted by molar-refractivity contribution is 0.0697. The molecule has 1 N–H and O–H groups in total. The van der Waals surface area contributed by atoms with Gasteiger partial charge in [0.2, 0.25) is 0 Å². The lowest BCUT2D eigenvalue weighted by Crippen LogP contribution is -2.30. The van der Waals surface area contributed by atoms with E-state index in [0.29, 0.717) is 22.8 Å². The number of rotatable bonds is 6. The zero-order chi connectivity index (χ0) is 20.1. The molecule has 0 saturated heterocycles. The molecular weight excluding hydrogens is 320 g/mol. The van der Waals surface area contributed by atoms with Crippen LogP contribution in [0.2, 0.25) is 0 Å². The van der Waals surface area contributed by atoms with Crippen molar-refractivity contribution in [3.8, 4) is 0 Å². The number of allylic oxidation sites excluding steroid dienone is 4. The molecule has 0 amide bonds. The molecule has 1 rings (SSSR count). The molecule has 1 aromatic rings. The molecule has 0 aromatic heterocycles. The second kappa shape index (κ2) is 8.70. The minimum absolute atomic E-state index is 0.266. The number of hydrogen-bond donors (Lipinski definition) is 1. The fourth-order valence-electron chi connectivity index (χ4n) is 3.42. The number of benzene rings is 1. The van der Waals surface area contributed by atoms with E-state index in [1.54, 1.807) is 12.1 Å². The van der Waals surface area contributed by atoms with Gasteiger partial charge >= 0.3 is 5.97 Å². The van der Waals surface area contributed by atoms with Crippen molar-refractivity contribution in [3.05, 3.63) is 53.6 Å². The van der Waals surface area contributed by atoms with Crippen LogP contribution in [0.15, 0.2) is 42.5 Å². The van der Waals surface area contributed by atoms with Crippen LogP contribution in [0.4, 0.5) is 0 Å². The van der Waals surface area contributed by atoms with Gasteiger partial charge in [0.15, 0.2) is 0 Å². The Hall–Kier alpha value is -1.83. The Morgan fingerprint density at radius 1 is 1.04 bits per heavy atom. The molecular formula is C24H36O2. The highest BCUT2D eigenvalue weighted by Crippen LogP contribution is 2.41. The average molecular weight is 357 g/mol. The molecule has 0 aliphatic heterocycles. The highest BCUT2D eigenvalue weighted by atomic mass is 16.4. The molecule has 2 heteroatoms. The largest absolute Gasteiger partial charge is 0.478 e. The van der Waals surface area contributed by atoms with Crippen LogP contribution in [0.3, 0.4) is 0 Å². The van der Waals surface area contributed by atoms with Gasteiger partial charge < -0.3 is 5.11 Å². The first kappa shape index (κ1) is 22.2. The maximum Gasteiger partial charge on any atom is 0.335 e. The fourth-order valence-corrected chi connectivity index (χ4v) is 3.42. The number of hydrogen-bond acceptors (Lipinski definition) is 1. The van der Waals surface area contributed by atoms with E-state index in [2.05, 4.69) is 73.6 Å². The van der Waals surface area contributed by atoms with Gasteiger partial charge in [-0.2, -0.15) is 0 Å². The van der Waals surface area contributed by atoms with Crippen molar-refractivity contribution in [2.45, 2.75) is 61.8 Å². The monoisotopic (exact) mass is 356 g/mol. The van der Waals surface area contributed by atoms with Crippen LogP contribution in [0.5, 0.6) is 0 Å². The molecule has 2 unspecified atom stereocenters. The van der Waals surface area contributed by atoms with Crippen molar-refractivity contribution in [1.82, 2.24) is 0 Å². The highest BCUT2D eigenvalue weighted by molar-refractivity contribution is 5.88. The van der Waals surface area contributed by atoms with E-state index in [1.165, 1.54) is 6.42 Å². The standard InChI is InChI=1S/C24H36O2/c1-17(19-12-14-20(15-13-19)22(25)26)10-9-11-18(2)21(24(6,7)8)16-23(3,4)5/h9-15,18,21H,16H2,1-8H3,(H,25,26)/b11-9-,17-10+. The first-order chi connectivity index (χ1) is 11.8.